The summed E-state index contributed by atoms with van der Waals surface area (Å²) in [6.07, 6.45) is -3.57. The van der Waals surface area contributed by atoms with Gasteiger partial charge in [-0.3, -0.25) is 9.78 Å². The number of allylic oxidation sites excluding steroid dienone is 1. The van der Waals surface area contributed by atoms with Crippen molar-refractivity contribution in [3.8, 4) is 5.69 Å². The predicted octanol–water partition coefficient (Wildman–Crippen LogP) is 5.09. The molecular formula is C19H11F7N4O. The molecule has 31 heavy (non-hydrogen) atoms. The summed E-state index contributed by atoms with van der Waals surface area (Å²) in [4.78, 5) is 15.3. The highest BCUT2D eigenvalue weighted by molar-refractivity contribution is 6.04. The molecule has 3 aromatic rings. The predicted molar refractivity (Wildman–Crippen MR) is 94.8 cm³/mol. The minimum absolute atomic E-state index is 0.0262. The molecule has 0 bridgehead atoms. The van der Waals surface area contributed by atoms with Crippen LogP contribution in [0.15, 0.2) is 55.4 Å². The summed E-state index contributed by atoms with van der Waals surface area (Å²) in [6, 6.07) is 4.51. The number of anilines is 1. The van der Waals surface area contributed by atoms with Crippen LogP contribution >= 0.6 is 0 Å². The summed E-state index contributed by atoms with van der Waals surface area (Å²) in [5.74, 6) is -7.38. The second-order valence-electron chi connectivity index (χ2n) is 6.13. The van der Waals surface area contributed by atoms with Crippen LogP contribution in [-0.4, -0.2) is 20.7 Å². The maximum absolute atomic E-state index is 13.7. The molecule has 2 aromatic heterocycles. The van der Waals surface area contributed by atoms with Crippen LogP contribution in [-0.2, 0) is 12.1 Å². The number of amides is 1. The zero-order chi connectivity index (χ0) is 23.0. The third-order valence-electron chi connectivity index (χ3n) is 4.05. The number of nitrogens with one attached hydrogen (secondary N) is 1. The third kappa shape index (κ3) is 4.42. The van der Waals surface area contributed by atoms with Crippen molar-refractivity contribution in [2.75, 3.05) is 5.32 Å². The molecule has 0 spiro atoms. The first-order valence-electron chi connectivity index (χ1n) is 8.34. The van der Waals surface area contributed by atoms with Crippen LogP contribution in [0.3, 0.4) is 0 Å². The number of hydrogen-bond acceptors (Lipinski definition) is 3. The molecule has 1 aromatic carbocycles. The zero-order valence-corrected chi connectivity index (χ0v) is 15.2. The van der Waals surface area contributed by atoms with E-state index in [-0.39, 0.29) is 28.2 Å². The lowest BCUT2D eigenvalue weighted by atomic mass is 10.2. The van der Waals surface area contributed by atoms with Crippen LogP contribution in [0, 0.1) is 11.6 Å². The average molecular weight is 444 g/mol. The van der Waals surface area contributed by atoms with Crippen LogP contribution in [0.1, 0.15) is 21.7 Å². The molecule has 2 heterocycles. The fourth-order valence-corrected chi connectivity index (χ4v) is 2.56. The molecule has 0 atom stereocenters. The number of halogens is 7. The fourth-order valence-electron chi connectivity index (χ4n) is 2.56. The number of pyridine rings is 1. The molecule has 0 saturated heterocycles. The third-order valence-corrected chi connectivity index (χ3v) is 4.05. The molecule has 12 heteroatoms. The Morgan fingerprint density at radius 1 is 1.03 bits per heavy atom. The number of hydrogen-bond donors (Lipinski definition) is 1. The summed E-state index contributed by atoms with van der Waals surface area (Å²) < 4.78 is 94.9. The van der Waals surface area contributed by atoms with E-state index in [0.717, 1.165) is 24.3 Å². The minimum Gasteiger partial charge on any atom is -0.322 e. The molecule has 0 radical (unpaired) electrons. The van der Waals surface area contributed by atoms with Gasteiger partial charge < -0.3 is 5.32 Å². The Labute approximate surface area is 169 Å². The maximum Gasteiger partial charge on any atom is 0.433 e. The molecule has 3 rings (SSSR count). The Kier molecular flexibility index (Phi) is 5.57. The van der Waals surface area contributed by atoms with E-state index in [1.54, 1.807) is 0 Å². The van der Waals surface area contributed by atoms with Crippen LogP contribution in [0.2, 0.25) is 0 Å². The summed E-state index contributed by atoms with van der Waals surface area (Å²) in [7, 11) is 0. The van der Waals surface area contributed by atoms with Crippen LogP contribution in [0.25, 0.3) is 5.69 Å². The normalized spacial score (nSPS) is 12.0. The first-order valence-corrected chi connectivity index (χ1v) is 8.34. The van der Waals surface area contributed by atoms with E-state index in [0.29, 0.717) is 12.4 Å². The highest BCUT2D eigenvalue weighted by Gasteiger charge is 2.40. The van der Waals surface area contributed by atoms with E-state index in [4.69, 9.17) is 0 Å². The largest absolute Gasteiger partial charge is 0.433 e. The molecule has 5 nitrogen and oxygen atoms in total. The quantitative estimate of drug-likeness (QED) is 0.440. The average Bonchev–Trinajstić information content (AvgIpc) is 3.15. The van der Waals surface area contributed by atoms with Gasteiger partial charge in [0.15, 0.2) is 11.6 Å². The van der Waals surface area contributed by atoms with Crippen LogP contribution in [0.4, 0.5) is 36.4 Å². The van der Waals surface area contributed by atoms with Crippen molar-refractivity contribution in [2.45, 2.75) is 12.1 Å². The van der Waals surface area contributed by atoms with Gasteiger partial charge in [0.25, 0.3) is 5.91 Å². The lowest BCUT2D eigenvalue weighted by Crippen LogP contribution is -2.16. The van der Waals surface area contributed by atoms with Gasteiger partial charge in [0.1, 0.15) is 17.0 Å². The van der Waals surface area contributed by atoms with Gasteiger partial charge in [-0.05, 0) is 36.4 Å². The number of nitrogens with zero attached hydrogens (tertiary/aromatic N) is 3. The summed E-state index contributed by atoms with van der Waals surface area (Å²) in [5, 5.41) is 5.50. The SMILES string of the molecule is C=CC(F)(F)c1cc(C(F)(F)F)n(-c2ccc(NC(=O)c3c(F)cncc3F)cc2)n1. The molecule has 1 amide bonds. The number of carbonyl (C=O) groups excluding carboxylic acids is 1. The van der Waals surface area contributed by atoms with Crippen molar-refractivity contribution < 1.29 is 35.5 Å². The number of rotatable bonds is 5. The molecule has 162 valence electrons. The van der Waals surface area contributed by atoms with Gasteiger partial charge in [0, 0.05) is 5.69 Å². The summed E-state index contributed by atoms with van der Waals surface area (Å²) in [6.45, 7) is 2.88. The Bertz CT molecular complexity index is 1120. The fraction of sp³-hybridized carbons (Fsp3) is 0.105. The van der Waals surface area contributed by atoms with Gasteiger partial charge in [0.2, 0.25) is 0 Å². The first-order chi connectivity index (χ1) is 14.4. The Balaban J connectivity index is 1.93. The number of alkyl halides is 5. The highest BCUT2D eigenvalue weighted by atomic mass is 19.4. The minimum atomic E-state index is -4.99. The second kappa shape index (κ2) is 7.85. The number of benzene rings is 1. The van der Waals surface area contributed by atoms with Gasteiger partial charge in [-0.15, -0.1) is 0 Å². The standard InChI is InChI=1S/C19H11F7N4O/c1-2-18(22,23)14-7-15(19(24,25)26)30(29-14)11-5-3-10(4-6-11)28-17(31)16-12(20)8-27-9-13(16)21/h2-9H,1H2,(H,28,31). The van der Waals surface area contributed by atoms with E-state index < -0.39 is 46.6 Å². The Morgan fingerprint density at radius 3 is 2.13 bits per heavy atom. The summed E-state index contributed by atoms with van der Waals surface area (Å²) in [5.41, 5.74) is -3.79. The van der Waals surface area contributed by atoms with Gasteiger partial charge in [-0.1, -0.05) is 6.58 Å². The van der Waals surface area contributed by atoms with Crippen molar-refractivity contribution >= 4 is 11.6 Å². The van der Waals surface area contributed by atoms with E-state index in [2.05, 4.69) is 22.0 Å². The Hall–Kier alpha value is -3.70. The molecule has 0 fully saturated rings. The molecule has 0 unspecified atom stereocenters. The maximum atomic E-state index is 13.7. The molecular weight excluding hydrogens is 433 g/mol. The molecule has 0 aliphatic carbocycles. The lowest BCUT2D eigenvalue weighted by molar-refractivity contribution is -0.142. The molecule has 0 aliphatic rings. The number of carbonyl (C=O) groups is 1. The van der Waals surface area contributed by atoms with Crippen molar-refractivity contribution in [1.82, 2.24) is 14.8 Å². The van der Waals surface area contributed by atoms with Crippen LogP contribution in [0.5, 0.6) is 0 Å². The summed E-state index contributed by atoms with van der Waals surface area (Å²) >= 11 is 0. The van der Waals surface area contributed by atoms with Gasteiger partial charge in [-0.25, -0.2) is 13.5 Å². The first kappa shape index (κ1) is 22.0. The Morgan fingerprint density at radius 2 is 1.61 bits per heavy atom. The topological polar surface area (TPSA) is 59.8 Å². The smallest absolute Gasteiger partial charge is 0.322 e. The lowest BCUT2D eigenvalue weighted by Gasteiger charge is -2.11. The van der Waals surface area contributed by atoms with Crippen molar-refractivity contribution in [3.63, 3.8) is 0 Å². The van der Waals surface area contributed by atoms with Gasteiger partial charge >= 0.3 is 12.1 Å². The van der Waals surface area contributed by atoms with Crippen molar-refractivity contribution in [3.05, 3.63) is 84.0 Å². The number of aromatic nitrogens is 3. The van der Waals surface area contributed by atoms with E-state index in [1.807, 2.05) is 0 Å². The molecule has 1 N–H and O–H groups in total. The van der Waals surface area contributed by atoms with Crippen molar-refractivity contribution in [2.24, 2.45) is 0 Å². The monoisotopic (exact) mass is 444 g/mol. The van der Waals surface area contributed by atoms with Gasteiger partial charge in [0.05, 0.1) is 18.1 Å². The van der Waals surface area contributed by atoms with Crippen LogP contribution < -0.4 is 5.32 Å². The second-order valence-corrected chi connectivity index (χ2v) is 6.13. The zero-order valence-electron chi connectivity index (χ0n) is 15.2. The van der Waals surface area contributed by atoms with E-state index in [1.165, 1.54) is 0 Å². The van der Waals surface area contributed by atoms with E-state index >= 15 is 0 Å². The van der Waals surface area contributed by atoms with Gasteiger partial charge in [-0.2, -0.15) is 27.1 Å². The van der Waals surface area contributed by atoms with E-state index in [9.17, 15) is 35.5 Å². The molecule has 0 aliphatic heterocycles. The van der Waals surface area contributed by atoms with Crippen molar-refractivity contribution in [1.29, 1.82) is 0 Å². The molecule has 0 saturated carbocycles. The highest BCUT2D eigenvalue weighted by Crippen LogP contribution is 2.36.